The summed E-state index contributed by atoms with van der Waals surface area (Å²) in [4.78, 5) is 29.6. The summed E-state index contributed by atoms with van der Waals surface area (Å²) in [6.07, 6.45) is -0.213. The van der Waals surface area contributed by atoms with Crippen LogP contribution < -0.4 is 15.4 Å². The highest BCUT2D eigenvalue weighted by Crippen LogP contribution is 2.20. The molecule has 0 saturated carbocycles. The number of alkyl carbamates (subject to hydrolysis) is 1. The van der Waals surface area contributed by atoms with Gasteiger partial charge in [-0.25, -0.2) is 4.79 Å². The first-order valence-corrected chi connectivity index (χ1v) is 12.1. The van der Waals surface area contributed by atoms with Crippen LogP contribution in [0.15, 0.2) is 29.3 Å². The number of ether oxygens (including phenoxy) is 2. The second kappa shape index (κ2) is 12.3. The molecule has 1 aliphatic rings. The third-order valence-corrected chi connectivity index (χ3v) is 5.66. The van der Waals surface area contributed by atoms with Gasteiger partial charge in [-0.15, -0.1) is 11.8 Å². The summed E-state index contributed by atoms with van der Waals surface area (Å²) < 4.78 is 11.2. The summed E-state index contributed by atoms with van der Waals surface area (Å²) in [5.41, 5.74) is 0.299. The van der Waals surface area contributed by atoms with Crippen molar-refractivity contribution in [1.82, 2.24) is 10.6 Å². The van der Waals surface area contributed by atoms with E-state index in [-0.39, 0.29) is 18.4 Å². The van der Waals surface area contributed by atoms with Gasteiger partial charge in [0.25, 0.3) is 0 Å². The Morgan fingerprint density at radius 3 is 2.47 bits per heavy atom. The molecule has 0 spiro atoms. The van der Waals surface area contributed by atoms with Gasteiger partial charge in [-0.2, -0.15) is 0 Å². The van der Waals surface area contributed by atoms with E-state index in [0.717, 1.165) is 28.7 Å². The summed E-state index contributed by atoms with van der Waals surface area (Å²) in [5, 5.41) is 7.00. The summed E-state index contributed by atoms with van der Waals surface area (Å²) in [5.74, 6) is 2.07. The van der Waals surface area contributed by atoms with E-state index >= 15 is 0 Å². The molecule has 0 aromatic heterocycles. The normalized spacial score (nSPS) is 17.1. The van der Waals surface area contributed by atoms with E-state index in [0.29, 0.717) is 18.9 Å². The fraction of sp³-hybridized carbons (Fsp3) is 0.625. The number of carbonyl (C=O) groups excluding carboxylic acids is 2. The van der Waals surface area contributed by atoms with Crippen LogP contribution in [0.5, 0.6) is 5.75 Å². The second-order valence-electron chi connectivity index (χ2n) is 9.46. The van der Waals surface area contributed by atoms with E-state index in [9.17, 15) is 9.59 Å². The first kappa shape index (κ1) is 26.2. The first-order valence-electron chi connectivity index (χ1n) is 11.1. The third-order valence-electron chi connectivity index (χ3n) is 4.59. The van der Waals surface area contributed by atoms with E-state index in [4.69, 9.17) is 9.47 Å². The lowest BCUT2D eigenvalue weighted by atomic mass is 10.0. The van der Waals surface area contributed by atoms with E-state index in [1.165, 1.54) is 0 Å². The van der Waals surface area contributed by atoms with Crippen LogP contribution in [0.3, 0.4) is 0 Å². The fourth-order valence-corrected chi connectivity index (χ4v) is 3.91. The zero-order valence-corrected chi connectivity index (χ0v) is 20.9. The van der Waals surface area contributed by atoms with Crippen LogP contribution in [-0.2, 0) is 16.0 Å². The lowest BCUT2D eigenvalue weighted by Crippen LogP contribution is -2.47. The van der Waals surface area contributed by atoms with E-state index in [1.54, 1.807) is 32.5 Å². The monoisotopic (exact) mass is 463 g/mol. The van der Waals surface area contributed by atoms with Gasteiger partial charge in [0.15, 0.2) is 5.78 Å². The Hall–Kier alpha value is -2.06. The minimum atomic E-state index is -0.677. The van der Waals surface area contributed by atoms with Crippen LogP contribution in [-0.4, -0.2) is 60.1 Å². The average molecular weight is 464 g/mol. The van der Waals surface area contributed by atoms with Crippen molar-refractivity contribution in [1.29, 1.82) is 0 Å². The molecule has 0 radical (unpaired) electrons. The van der Waals surface area contributed by atoms with Gasteiger partial charge < -0.3 is 20.1 Å². The molecule has 2 N–H and O–H groups in total. The van der Waals surface area contributed by atoms with Gasteiger partial charge in [0.05, 0.1) is 23.7 Å². The number of carbonyl (C=O) groups is 2. The van der Waals surface area contributed by atoms with E-state index in [1.807, 2.05) is 31.2 Å². The number of hydrogen-bond acceptors (Lipinski definition) is 7. The molecule has 8 heteroatoms. The summed E-state index contributed by atoms with van der Waals surface area (Å²) in [7, 11) is 0. The number of ketones is 1. The van der Waals surface area contributed by atoms with E-state index in [2.05, 4.69) is 29.5 Å². The summed E-state index contributed by atoms with van der Waals surface area (Å²) >= 11 is 1.76. The van der Waals surface area contributed by atoms with Crippen molar-refractivity contribution >= 4 is 28.7 Å². The topological polar surface area (TPSA) is 89.0 Å². The van der Waals surface area contributed by atoms with Crippen molar-refractivity contribution in [2.24, 2.45) is 10.9 Å². The number of Topliss-reactive ketones (excluding diaryl/α,β-unsaturated/α-hetero) is 1. The lowest BCUT2D eigenvalue weighted by Gasteiger charge is -2.23. The Bertz CT molecular complexity index is 787. The van der Waals surface area contributed by atoms with Gasteiger partial charge in [-0.05, 0) is 64.3 Å². The van der Waals surface area contributed by atoms with Crippen molar-refractivity contribution in [2.45, 2.75) is 65.6 Å². The molecule has 1 amide bonds. The van der Waals surface area contributed by atoms with Gasteiger partial charge in [0.2, 0.25) is 0 Å². The number of nitrogens with zero attached hydrogens (tertiary/aromatic N) is 1. The Morgan fingerprint density at radius 2 is 1.91 bits per heavy atom. The van der Waals surface area contributed by atoms with Crippen LogP contribution in [0, 0.1) is 5.92 Å². The maximum Gasteiger partial charge on any atom is 0.408 e. The van der Waals surface area contributed by atoms with Crippen LogP contribution in [0.25, 0.3) is 0 Å². The number of thioether (sulfide) groups is 1. The number of hydrogen-bond donors (Lipinski definition) is 2. The Kier molecular flexibility index (Phi) is 10.0. The number of amides is 1. The van der Waals surface area contributed by atoms with Crippen molar-refractivity contribution in [3.05, 3.63) is 29.8 Å². The predicted molar refractivity (Wildman–Crippen MR) is 131 cm³/mol. The Balaban J connectivity index is 1.96. The Labute approximate surface area is 196 Å². The molecular formula is C24H37N3O4S. The van der Waals surface area contributed by atoms with Crippen molar-refractivity contribution < 1.29 is 19.1 Å². The highest BCUT2D eigenvalue weighted by Gasteiger charge is 2.24. The lowest BCUT2D eigenvalue weighted by molar-refractivity contribution is -0.120. The Morgan fingerprint density at radius 1 is 1.22 bits per heavy atom. The molecule has 1 aromatic carbocycles. The number of benzene rings is 1. The third kappa shape index (κ3) is 10.0. The second-order valence-corrected chi connectivity index (χ2v) is 10.7. The minimum Gasteiger partial charge on any atom is -0.491 e. The predicted octanol–water partition coefficient (Wildman–Crippen LogP) is 3.85. The zero-order chi connectivity index (χ0) is 23.7. The van der Waals surface area contributed by atoms with Gasteiger partial charge in [-0.3, -0.25) is 9.79 Å². The molecule has 1 aliphatic heterocycles. The standard InChI is InChI=1S/C24H37N3O4S/c1-16(2)12-25-13-22(28)21(27-23(29)31-24(4,5)6)11-18-7-9-20(10-8-18)30-14-19-15-32-17(3)26-19/h7-10,16,19,21,25H,11-15H2,1-6H3,(H,27,29)/t19?,21-/m0/s1. The van der Waals surface area contributed by atoms with Crippen LogP contribution in [0.4, 0.5) is 4.79 Å². The van der Waals surface area contributed by atoms with Gasteiger partial charge in [0.1, 0.15) is 18.0 Å². The molecule has 0 bridgehead atoms. The van der Waals surface area contributed by atoms with Crippen molar-refractivity contribution in [3.63, 3.8) is 0 Å². The molecule has 32 heavy (non-hydrogen) atoms. The van der Waals surface area contributed by atoms with Crippen LogP contribution in [0.2, 0.25) is 0 Å². The minimum absolute atomic E-state index is 0.0798. The SMILES string of the molecule is CC1=NC(COc2ccc(C[C@H](NC(=O)OC(C)(C)C)C(=O)CNCC(C)C)cc2)CS1. The van der Waals surface area contributed by atoms with Gasteiger partial charge >= 0.3 is 6.09 Å². The molecule has 0 aliphatic carbocycles. The molecule has 7 nitrogen and oxygen atoms in total. The van der Waals surface area contributed by atoms with Crippen LogP contribution >= 0.6 is 11.8 Å². The number of rotatable bonds is 11. The largest absolute Gasteiger partial charge is 0.491 e. The zero-order valence-electron chi connectivity index (χ0n) is 20.1. The maximum absolute atomic E-state index is 12.8. The highest BCUT2D eigenvalue weighted by atomic mass is 32.2. The first-order chi connectivity index (χ1) is 15.0. The molecule has 2 rings (SSSR count). The average Bonchev–Trinajstić information content (AvgIpc) is 3.10. The number of aliphatic imine (C=N–C) groups is 1. The van der Waals surface area contributed by atoms with Gasteiger partial charge in [-0.1, -0.05) is 26.0 Å². The van der Waals surface area contributed by atoms with E-state index < -0.39 is 17.7 Å². The molecule has 0 saturated heterocycles. The molecular weight excluding hydrogens is 426 g/mol. The summed E-state index contributed by atoms with van der Waals surface area (Å²) in [6.45, 7) is 13.0. The van der Waals surface area contributed by atoms with Crippen molar-refractivity contribution in [2.75, 3.05) is 25.4 Å². The maximum atomic E-state index is 12.8. The molecule has 1 heterocycles. The molecule has 2 atom stereocenters. The molecule has 1 unspecified atom stereocenters. The quantitative estimate of drug-likeness (QED) is 0.518. The number of nitrogens with one attached hydrogen (secondary N) is 2. The molecule has 0 fully saturated rings. The molecule has 1 aromatic rings. The van der Waals surface area contributed by atoms with Crippen LogP contribution in [0.1, 0.15) is 47.1 Å². The van der Waals surface area contributed by atoms with Crippen molar-refractivity contribution in [3.8, 4) is 5.75 Å². The smallest absolute Gasteiger partial charge is 0.408 e. The molecule has 178 valence electrons. The van der Waals surface area contributed by atoms with Gasteiger partial charge in [0, 0.05) is 5.75 Å². The summed E-state index contributed by atoms with van der Waals surface area (Å²) in [6, 6.07) is 7.14. The highest BCUT2D eigenvalue weighted by molar-refractivity contribution is 8.14. The fourth-order valence-electron chi connectivity index (χ4n) is 3.09.